The van der Waals surface area contributed by atoms with Crippen molar-refractivity contribution in [3.05, 3.63) is 30.0 Å². The summed E-state index contributed by atoms with van der Waals surface area (Å²) in [5, 5.41) is 13.9. The first-order valence-electron chi connectivity index (χ1n) is 7.89. The van der Waals surface area contributed by atoms with Crippen molar-refractivity contribution in [3.63, 3.8) is 0 Å². The van der Waals surface area contributed by atoms with Crippen molar-refractivity contribution < 1.29 is 9.59 Å². The Morgan fingerprint density at radius 2 is 2.04 bits per heavy atom. The van der Waals surface area contributed by atoms with Crippen LogP contribution in [0, 0.1) is 5.41 Å². The van der Waals surface area contributed by atoms with Crippen molar-refractivity contribution in [1.82, 2.24) is 20.8 Å². The third-order valence-corrected chi connectivity index (χ3v) is 4.34. The lowest BCUT2D eigenvalue weighted by Gasteiger charge is -2.40. The molecule has 2 heterocycles. The van der Waals surface area contributed by atoms with E-state index in [1.165, 1.54) is 0 Å². The summed E-state index contributed by atoms with van der Waals surface area (Å²) in [6, 6.07) is 7.34. The van der Waals surface area contributed by atoms with Crippen LogP contribution in [-0.4, -0.2) is 34.1 Å². The highest BCUT2D eigenvalue weighted by molar-refractivity contribution is 6.04. The number of benzene rings is 1. The molecular weight excluding hydrogens is 292 g/mol. The highest BCUT2D eigenvalue weighted by Crippen LogP contribution is 2.27. The minimum absolute atomic E-state index is 0.0423. The first kappa shape index (κ1) is 15.5. The SMILES string of the molecule is CC(C)(C)[C@@H]1NC(=O)CC[C@H]1NC(=O)c1n[nH]c2ccccc12. The number of amides is 2. The van der Waals surface area contributed by atoms with Crippen LogP contribution in [0.2, 0.25) is 0 Å². The Bertz CT molecular complexity index is 744. The Morgan fingerprint density at radius 1 is 1.30 bits per heavy atom. The maximum Gasteiger partial charge on any atom is 0.272 e. The number of aromatic nitrogens is 2. The molecule has 0 radical (unpaired) electrons. The molecule has 0 saturated carbocycles. The van der Waals surface area contributed by atoms with Crippen LogP contribution in [0.3, 0.4) is 0 Å². The monoisotopic (exact) mass is 314 g/mol. The van der Waals surface area contributed by atoms with Crippen LogP contribution in [0.15, 0.2) is 24.3 Å². The number of H-pyrrole nitrogens is 1. The molecule has 2 atom stereocenters. The molecule has 1 aliphatic heterocycles. The number of nitrogens with zero attached hydrogens (tertiary/aromatic N) is 1. The van der Waals surface area contributed by atoms with Gasteiger partial charge in [-0.3, -0.25) is 14.7 Å². The van der Waals surface area contributed by atoms with Gasteiger partial charge in [-0.15, -0.1) is 0 Å². The molecule has 23 heavy (non-hydrogen) atoms. The van der Waals surface area contributed by atoms with Crippen LogP contribution in [0.1, 0.15) is 44.1 Å². The molecule has 0 spiro atoms. The van der Waals surface area contributed by atoms with Crippen LogP contribution in [0.4, 0.5) is 0 Å². The fraction of sp³-hybridized carbons (Fsp3) is 0.471. The number of carbonyl (C=O) groups excluding carboxylic acids is 2. The van der Waals surface area contributed by atoms with Gasteiger partial charge in [0.25, 0.3) is 5.91 Å². The van der Waals surface area contributed by atoms with Gasteiger partial charge in [0.15, 0.2) is 5.69 Å². The number of hydrogen-bond acceptors (Lipinski definition) is 3. The lowest BCUT2D eigenvalue weighted by Crippen LogP contribution is -2.60. The zero-order valence-corrected chi connectivity index (χ0v) is 13.6. The van der Waals surface area contributed by atoms with Gasteiger partial charge in [-0.2, -0.15) is 5.10 Å². The van der Waals surface area contributed by atoms with Crippen molar-refractivity contribution in [1.29, 1.82) is 0 Å². The summed E-state index contributed by atoms with van der Waals surface area (Å²) < 4.78 is 0. The van der Waals surface area contributed by atoms with Gasteiger partial charge in [0.2, 0.25) is 5.91 Å². The fourth-order valence-electron chi connectivity index (χ4n) is 3.15. The molecule has 0 aliphatic carbocycles. The molecule has 3 N–H and O–H groups in total. The third kappa shape index (κ3) is 3.06. The highest BCUT2D eigenvalue weighted by Gasteiger charge is 2.38. The van der Waals surface area contributed by atoms with Gasteiger partial charge < -0.3 is 10.6 Å². The normalized spacial score (nSPS) is 22.0. The number of aromatic amines is 1. The molecule has 2 aromatic rings. The Balaban J connectivity index is 1.82. The van der Waals surface area contributed by atoms with E-state index in [4.69, 9.17) is 0 Å². The maximum atomic E-state index is 12.6. The minimum Gasteiger partial charge on any atom is -0.351 e. The summed E-state index contributed by atoms with van der Waals surface area (Å²) >= 11 is 0. The summed E-state index contributed by atoms with van der Waals surface area (Å²) in [6.45, 7) is 6.19. The molecule has 3 rings (SSSR count). The van der Waals surface area contributed by atoms with E-state index < -0.39 is 0 Å². The number of para-hydroxylation sites is 1. The van der Waals surface area contributed by atoms with Gasteiger partial charge in [-0.05, 0) is 17.9 Å². The lowest BCUT2D eigenvalue weighted by molar-refractivity contribution is -0.125. The topological polar surface area (TPSA) is 86.9 Å². The minimum atomic E-state index is -0.210. The summed E-state index contributed by atoms with van der Waals surface area (Å²) in [5.41, 5.74) is 1.09. The van der Waals surface area contributed by atoms with Crippen LogP contribution < -0.4 is 10.6 Å². The van der Waals surface area contributed by atoms with Gasteiger partial charge in [-0.1, -0.05) is 39.0 Å². The summed E-state index contributed by atoms with van der Waals surface area (Å²) in [6.07, 6.45) is 1.07. The second-order valence-electron chi connectivity index (χ2n) is 7.15. The number of carbonyl (C=O) groups is 2. The van der Waals surface area contributed by atoms with Crippen LogP contribution >= 0.6 is 0 Å². The molecule has 1 fully saturated rings. The molecule has 6 heteroatoms. The van der Waals surface area contributed by atoms with Crippen molar-refractivity contribution in [3.8, 4) is 0 Å². The molecular formula is C17H22N4O2. The van der Waals surface area contributed by atoms with Crippen LogP contribution in [0.5, 0.6) is 0 Å². The van der Waals surface area contributed by atoms with E-state index in [1.54, 1.807) is 0 Å². The maximum absolute atomic E-state index is 12.6. The molecule has 0 bridgehead atoms. The number of rotatable bonds is 2. The summed E-state index contributed by atoms with van der Waals surface area (Å²) in [7, 11) is 0. The Kier molecular flexibility index (Phi) is 3.83. The van der Waals surface area contributed by atoms with Crippen LogP contribution in [0.25, 0.3) is 10.9 Å². The first-order chi connectivity index (χ1) is 10.9. The molecule has 122 valence electrons. The van der Waals surface area contributed by atoms with Crippen molar-refractivity contribution in [2.24, 2.45) is 5.41 Å². The van der Waals surface area contributed by atoms with E-state index in [9.17, 15) is 9.59 Å². The molecule has 1 saturated heterocycles. The van der Waals surface area contributed by atoms with Gasteiger partial charge >= 0.3 is 0 Å². The number of hydrogen-bond donors (Lipinski definition) is 3. The average molecular weight is 314 g/mol. The molecule has 1 aliphatic rings. The zero-order valence-electron chi connectivity index (χ0n) is 13.6. The predicted octanol–water partition coefficient (Wildman–Crippen LogP) is 1.99. The first-order valence-corrected chi connectivity index (χ1v) is 7.89. The molecule has 1 aromatic carbocycles. The second-order valence-corrected chi connectivity index (χ2v) is 7.15. The highest BCUT2D eigenvalue weighted by atomic mass is 16.2. The van der Waals surface area contributed by atoms with Gasteiger partial charge in [-0.25, -0.2) is 0 Å². The number of piperidine rings is 1. The van der Waals surface area contributed by atoms with Gasteiger partial charge in [0.05, 0.1) is 17.6 Å². The third-order valence-electron chi connectivity index (χ3n) is 4.34. The number of nitrogens with one attached hydrogen (secondary N) is 3. The predicted molar refractivity (Wildman–Crippen MR) is 88.0 cm³/mol. The zero-order chi connectivity index (χ0) is 16.6. The molecule has 2 amide bonds. The Hall–Kier alpha value is -2.37. The van der Waals surface area contributed by atoms with Gasteiger partial charge in [0.1, 0.15) is 0 Å². The standard InChI is InChI=1S/C17H22N4O2/c1-17(2,3)15-12(8-9-13(22)19-15)18-16(23)14-10-6-4-5-7-11(10)20-21-14/h4-7,12,15H,8-9H2,1-3H3,(H,18,23)(H,19,22)(H,20,21)/t12-,15-/m1/s1. The van der Waals surface area contributed by atoms with E-state index in [2.05, 4.69) is 41.6 Å². The van der Waals surface area contributed by atoms with Crippen molar-refractivity contribution in [2.45, 2.75) is 45.7 Å². The van der Waals surface area contributed by atoms with E-state index in [-0.39, 0.29) is 29.3 Å². The van der Waals surface area contributed by atoms with E-state index in [0.29, 0.717) is 18.5 Å². The summed E-state index contributed by atoms with van der Waals surface area (Å²) in [5.74, 6) is -0.168. The van der Waals surface area contributed by atoms with E-state index in [1.807, 2.05) is 24.3 Å². The Labute approximate surface area is 135 Å². The summed E-state index contributed by atoms with van der Waals surface area (Å²) in [4.78, 5) is 24.3. The molecule has 1 aromatic heterocycles. The van der Waals surface area contributed by atoms with Crippen molar-refractivity contribution in [2.75, 3.05) is 0 Å². The molecule has 6 nitrogen and oxygen atoms in total. The van der Waals surface area contributed by atoms with E-state index in [0.717, 1.165) is 10.9 Å². The fourth-order valence-corrected chi connectivity index (χ4v) is 3.15. The number of fused-ring (bicyclic) bond motifs is 1. The van der Waals surface area contributed by atoms with Gasteiger partial charge in [0, 0.05) is 11.8 Å². The molecule has 0 unspecified atom stereocenters. The second kappa shape index (κ2) is 5.68. The van der Waals surface area contributed by atoms with Crippen molar-refractivity contribution >= 4 is 22.7 Å². The largest absolute Gasteiger partial charge is 0.351 e. The quantitative estimate of drug-likeness (QED) is 0.792. The van der Waals surface area contributed by atoms with Crippen LogP contribution in [-0.2, 0) is 4.79 Å². The lowest BCUT2D eigenvalue weighted by atomic mass is 9.78. The smallest absolute Gasteiger partial charge is 0.272 e. The van der Waals surface area contributed by atoms with E-state index >= 15 is 0 Å². The Morgan fingerprint density at radius 3 is 2.78 bits per heavy atom. The average Bonchev–Trinajstić information content (AvgIpc) is 2.92.